The molecule has 0 saturated carbocycles. The van der Waals surface area contributed by atoms with Gasteiger partial charge in [0, 0.05) is 28.4 Å². The van der Waals surface area contributed by atoms with Crippen LogP contribution < -0.4 is 5.56 Å². The maximum Gasteiger partial charge on any atom is 0.258 e. The third-order valence-electron chi connectivity index (χ3n) is 5.57. The molecule has 0 amide bonds. The molecule has 0 aliphatic heterocycles. The molecule has 0 atom stereocenters. The molecule has 0 bridgehead atoms. The molecule has 4 rings (SSSR count). The van der Waals surface area contributed by atoms with Crippen LogP contribution in [-0.2, 0) is 19.8 Å². The largest absolute Gasteiger partial charge is 0.392 e. The van der Waals surface area contributed by atoms with E-state index >= 15 is 0 Å². The van der Waals surface area contributed by atoms with Gasteiger partial charge in [-0.25, -0.2) is 0 Å². The van der Waals surface area contributed by atoms with E-state index < -0.39 is 0 Å². The lowest BCUT2D eigenvalue weighted by molar-refractivity contribution is 0.104. The van der Waals surface area contributed by atoms with Crippen molar-refractivity contribution in [1.29, 1.82) is 0 Å². The van der Waals surface area contributed by atoms with Crippen LogP contribution in [0.5, 0.6) is 0 Å². The van der Waals surface area contributed by atoms with E-state index in [9.17, 15) is 19.8 Å². The monoisotopic (exact) mass is 392 g/mol. The molecule has 1 heterocycles. The Morgan fingerprint density at radius 1 is 0.931 bits per heavy atom. The fourth-order valence-corrected chi connectivity index (χ4v) is 4.17. The number of hydrogen-bond acceptors (Lipinski definition) is 5. The van der Waals surface area contributed by atoms with Crippen LogP contribution in [0.1, 0.15) is 33.5 Å². The van der Waals surface area contributed by atoms with Gasteiger partial charge in [0.15, 0.2) is 5.78 Å². The van der Waals surface area contributed by atoms with Crippen LogP contribution in [0.2, 0.25) is 0 Å². The van der Waals surface area contributed by atoms with Crippen molar-refractivity contribution in [2.45, 2.75) is 26.2 Å². The third-order valence-corrected chi connectivity index (χ3v) is 5.57. The number of aliphatic hydroxyl groups excluding tert-OH is 2. The van der Waals surface area contributed by atoms with Crippen LogP contribution in [0, 0.1) is 0 Å². The number of aliphatic hydroxyl groups is 2. The van der Waals surface area contributed by atoms with Crippen LogP contribution in [0.4, 0.5) is 0 Å². The molecule has 1 aliphatic carbocycles. The average Bonchev–Trinajstić information content (AvgIpc) is 3.02. The van der Waals surface area contributed by atoms with Gasteiger partial charge in [0.25, 0.3) is 5.56 Å². The first-order valence-electron chi connectivity index (χ1n) is 9.70. The van der Waals surface area contributed by atoms with Gasteiger partial charge in [0.2, 0.25) is 0 Å². The third kappa shape index (κ3) is 3.09. The number of pyridine rings is 1. The van der Waals surface area contributed by atoms with E-state index in [2.05, 4.69) is 4.90 Å². The molecule has 6 heteroatoms. The summed E-state index contributed by atoms with van der Waals surface area (Å²) < 4.78 is 1.70. The molecule has 0 radical (unpaired) electrons. The molecule has 0 spiro atoms. The van der Waals surface area contributed by atoms with Crippen molar-refractivity contribution < 1.29 is 15.0 Å². The molecule has 0 fully saturated rings. The number of carbonyl (C=O) groups excluding carboxylic acids is 1. The van der Waals surface area contributed by atoms with Crippen LogP contribution in [-0.4, -0.2) is 46.1 Å². The van der Waals surface area contributed by atoms with Gasteiger partial charge in [-0.2, -0.15) is 0 Å². The highest BCUT2D eigenvalue weighted by molar-refractivity contribution is 6.26. The number of carbonyl (C=O) groups is 1. The number of aromatic nitrogens is 1. The highest BCUT2D eigenvalue weighted by atomic mass is 16.3. The summed E-state index contributed by atoms with van der Waals surface area (Å²) in [6.07, 6.45) is 0.767. The van der Waals surface area contributed by atoms with Crippen LogP contribution in [0.3, 0.4) is 0 Å². The number of fused-ring (bicyclic) bond motifs is 5. The molecule has 6 nitrogen and oxygen atoms in total. The molecule has 29 heavy (non-hydrogen) atoms. The van der Waals surface area contributed by atoms with E-state index in [1.165, 1.54) is 0 Å². The summed E-state index contributed by atoms with van der Waals surface area (Å²) in [5.41, 5.74) is 3.37. The SMILES string of the molecule is CN(C)CCCn1c2c(c3cc(CO)c(CO)cc3c1=O)C(=O)c1ccccc1-2. The van der Waals surface area contributed by atoms with Gasteiger partial charge in [-0.3, -0.25) is 9.59 Å². The second kappa shape index (κ2) is 7.55. The molecule has 0 unspecified atom stereocenters. The van der Waals surface area contributed by atoms with Gasteiger partial charge in [-0.15, -0.1) is 0 Å². The van der Waals surface area contributed by atoms with Crippen molar-refractivity contribution in [3.05, 3.63) is 69.0 Å². The highest BCUT2D eigenvalue weighted by Gasteiger charge is 2.32. The smallest absolute Gasteiger partial charge is 0.258 e. The van der Waals surface area contributed by atoms with Crippen molar-refractivity contribution >= 4 is 16.6 Å². The Hall–Kier alpha value is -2.80. The quantitative estimate of drug-likeness (QED) is 0.525. The number of rotatable bonds is 6. The topological polar surface area (TPSA) is 82.8 Å². The van der Waals surface area contributed by atoms with E-state index in [4.69, 9.17) is 0 Å². The Balaban J connectivity index is 2.05. The van der Waals surface area contributed by atoms with Gasteiger partial charge < -0.3 is 19.7 Å². The number of benzene rings is 2. The molecule has 0 saturated heterocycles. The standard InChI is InChI=1S/C23H24N2O4/c1-24(2)8-5-9-25-21-16-6-3-4-7-17(16)22(28)20(21)18-10-14(12-26)15(13-27)11-19(18)23(25)29/h3-4,6-7,10-11,26-27H,5,8-9,12-13H2,1-2H3. The van der Waals surface area contributed by atoms with Crippen molar-refractivity contribution in [3.63, 3.8) is 0 Å². The van der Waals surface area contributed by atoms with Crippen molar-refractivity contribution in [2.24, 2.45) is 0 Å². The fourth-order valence-electron chi connectivity index (χ4n) is 4.17. The lowest BCUT2D eigenvalue weighted by Crippen LogP contribution is -2.25. The van der Waals surface area contributed by atoms with Crippen molar-refractivity contribution in [1.82, 2.24) is 9.47 Å². The number of ketones is 1. The van der Waals surface area contributed by atoms with Gasteiger partial charge in [-0.1, -0.05) is 24.3 Å². The van der Waals surface area contributed by atoms with E-state index in [1.807, 2.05) is 32.3 Å². The second-order valence-electron chi connectivity index (χ2n) is 7.69. The maximum absolute atomic E-state index is 13.4. The van der Waals surface area contributed by atoms with Crippen LogP contribution in [0.25, 0.3) is 22.0 Å². The van der Waals surface area contributed by atoms with Gasteiger partial charge >= 0.3 is 0 Å². The molecule has 150 valence electrons. The van der Waals surface area contributed by atoms with Gasteiger partial charge in [0.05, 0.1) is 24.5 Å². The summed E-state index contributed by atoms with van der Waals surface area (Å²) in [6.45, 7) is 0.762. The lowest BCUT2D eigenvalue weighted by atomic mass is 9.97. The minimum absolute atomic E-state index is 0.109. The minimum atomic E-state index is -0.281. The molecule has 2 aromatic carbocycles. The van der Waals surface area contributed by atoms with Crippen LogP contribution in [0.15, 0.2) is 41.2 Å². The first-order chi connectivity index (χ1) is 14.0. The first kappa shape index (κ1) is 19.5. The predicted molar refractivity (Wildman–Crippen MR) is 112 cm³/mol. The number of hydrogen-bond donors (Lipinski definition) is 2. The summed E-state index contributed by atoms with van der Waals surface area (Å²) in [5.74, 6) is -0.109. The maximum atomic E-state index is 13.4. The Kier molecular flexibility index (Phi) is 5.08. The van der Waals surface area contributed by atoms with Crippen molar-refractivity contribution in [3.8, 4) is 11.3 Å². The summed E-state index contributed by atoms with van der Waals surface area (Å²) in [6, 6.07) is 10.6. The first-order valence-corrected chi connectivity index (χ1v) is 9.70. The average molecular weight is 392 g/mol. The van der Waals surface area contributed by atoms with Crippen molar-refractivity contribution in [2.75, 3.05) is 20.6 Å². The normalized spacial score (nSPS) is 12.7. The highest BCUT2D eigenvalue weighted by Crippen LogP contribution is 2.39. The number of nitrogens with zero attached hydrogens (tertiary/aromatic N) is 2. The summed E-state index contributed by atoms with van der Waals surface area (Å²) in [5, 5.41) is 20.3. The zero-order chi connectivity index (χ0) is 20.7. The molecule has 1 aliphatic rings. The fraction of sp³-hybridized carbons (Fsp3) is 0.304. The summed E-state index contributed by atoms with van der Waals surface area (Å²) in [7, 11) is 3.97. The van der Waals surface area contributed by atoms with Crippen LogP contribution >= 0.6 is 0 Å². The molecule has 2 N–H and O–H groups in total. The summed E-state index contributed by atoms with van der Waals surface area (Å²) in [4.78, 5) is 28.8. The molecule has 3 aromatic rings. The van der Waals surface area contributed by atoms with Gasteiger partial charge in [-0.05, 0) is 50.3 Å². The minimum Gasteiger partial charge on any atom is -0.392 e. The van der Waals surface area contributed by atoms with E-state index in [0.29, 0.717) is 45.3 Å². The molecular formula is C23H24N2O4. The Morgan fingerprint density at radius 2 is 1.55 bits per heavy atom. The molecular weight excluding hydrogens is 368 g/mol. The zero-order valence-corrected chi connectivity index (χ0v) is 16.6. The Labute approximate surface area is 168 Å². The van der Waals surface area contributed by atoms with E-state index in [1.54, 1.807) is 22.8 Å². The van der Waals surface area contributed by atoms with E-state index in [-0.39, 0.29) is 24.6 Å². The summed E-state index contributed by atoms with van der Waals surface area (Å²) >= 11 is 0. The second-order valence-corrected chi connectivity index (χ2v) is 7.69. The van der Waals surface area contributed by atoms with E-state index in [0.717, 1.165) is 18.5 Å². The Bertz CT molecular complexity index is 1180. The predicted octanol–water partition coefficient (Wildman–Crippen LogP) is 2.15. The lowest BCUT2D eigenvalue weighted by Gasteiger charge is -2.17. The Morgan fingerprint density at radius 3 is 2.17 bits per heavy atom. The zero-order valence-electron chi connectivity index (χ0n) is 16.6. The van der Waals surface area contributed by atoms with Gasteiger partial charge in [0.1, 0.15) is 0 Å². The molecule has 1 aromatic heterocycles.